The van der Waals surface area contributed by atoms with Crippen LogP contribution in [-0.4, -0.2) is 9.97 Å². The second-order valence-corrected chi connectivity index (χ2v) is 6.29. The predicted octanol–water partition coefficient (Wildman–Crippen LogP) is 4.62. The van der Waals surface area contributed by atoms with E-state index in [1.54, 1.807) is 0 Å². The summed E-state index contributed by atoms with van der Waals surface area (Å²) in [5.74, 6) is 1.07. The van der Waals surface area contributed by atoms with Crippen molar-refractivity contribution in [2.75, 3.05) is 5.73 Å². The zero-order valence-electron chi connectivity index (χ0n) is 13.0. The number of nitrogens with two attached hydrogens (primary N) is 1. The molecule has 0 atom stereocenters. The molecule has 0 aliphatic heterocycles. The minimum atomic E-state index is 0.374. The van der Waals surface area contributed by atoms with E-state index in [4.69, 9.17) is 10.5 Å². The van der Waals surface area contributed by atoms with Crippen molar-refractivity contribution in [3.05, 3.63) is 66.0 Å². The van der Waals surface area contributed by atoms with Crippen LogP contribution in [0.3, 0.4) is 0 Å². The van der Waals surface area contributed by atoms with E-state index in [1.165, 1.54) is 29.2 Å². The summed E-state index contributed by atoms with van der Waals surface area (Å²) in [5.41, 5.74) is 9.00. The number of nitrogen functional groups attached to an aromatic ring is 1. The molecule has 0 spiro atoms. The molecule has 23 heavy (non-hydrogen) atoms. The van der Waals surface area contributed by atoms with E-state index in [2.05, 4.69) is 29.0 Å². The second kappa shape index (κ2) is 6.71. The number of aromatic nitrogens is 2. The van der Waals surface area contributed by atoms with Gasteiger partial charge in [0.25, 0.3) is 0 Å². The molecule has 0 aliphatic carbocycles. The Morgan fingerprint density at radius 2 is 1.48 bits per heavy atom. The molecular formula is C18H17N3OS. The highest BCUT2D eigenvalue weighted by molar-refractivity contribution is 7.99. The van der Waals surface area contributed by atoms with Crippen molar-refractivity contribution in [1.29, 1.82) is 0 Å². The maximum Gasteiger partial charge on any atom is 0.247 e. The molecule has 2 N–H and O–H groups in total. The fourth-order valence-corrected chi connectivity index (χ4v) is 2.76. The van der Waals surface area contributed by atoms with E-state index >= 15 is 0 Å². The number of rotatable bonds is 4. The van der Waals surface area contributed by atoms with Crippen molar-refractivity contribution in [1.82, 2.24) is 9.97 Å². The molecule has 1 heterocycles. The highest BCUT2D eigenvalue weighted by atomic mass is 32.2. The maximum absolute atomic E-state index is 6.17. The molecule has 0 unspecified atom stereocenters. The lowest BCUT2D eigenvalue weighted by molar-refractivity contribution is 0.462. The molecule has 4 nitrogen and oxygen atoms in total. The largest absolute Gasteiger partial charge is 0.437 e. The average molecular weight is 323 g/mol. The normalized spacial score (nSPS) is 10.5. The number of anilines is 1. The summed E-state index contributed by atoms with van der Waals surface area (Å²) in [6, 6.07) is 16.0. The van der Waals surface area contributed by atoms with Gasteiger partial charge in [0.15, 0.2) is 0 Å². The fourth-order valence-electron chi connectivity index (χ4n) is 1.96. The molecule has 0 saturated heterocycles. The Labute approximate surface area is 139 Å². The summed E-state index contributed by atoms with van der Waals surface area (Å²) in [6.07, 6.45) is 1.47. The van der Waals surface area contributed by atoms with Crippen LogP contribution in [0.25, 0.3) is 0 Å². The Kier molecular flexibility index (Phi) is 4.48. The van der Waals surface area contributed by atoms with Gasteiger partial charge in [-0.1, -0.05) is 47.2 Å². The van der Waals surface area contributed by atoms with Gasteiger partial charge >= 0.3 is 0 Å². The Morgan fingerprint density at radius 3 is 2.13 bits per heavy atom. The van der Waals surface area contributed by atoms with Crippen LogP contribution in [0.1, 0.15) is 11.1 Å². The Balaban J connectivity index is 1.83. The van der Waals surface area contributed by atoms with Crippen LogP contribution in [0, 0.1) is 13.8 Å². The lowest BCUT2D eigenvalue weighted by atomic mass is 10.2. The lowest BCUT2D eigenvalue weighted by Gasteiger charge is -2.10. The molecule has 3 aromatic rings. The number of benzene rings is 2. The van der Waals surface area contributed by atoms with Gasteiger partial charge in [0.2, 0.25) is 5.88 Å². The van der Waals surface area contributed by atoms with Crippen LogP contribution in [0.15, 0.2) is 64.8 Å². The smallest absolute Gasteiger partial charge is 0.247 e. The molecule has 0 saturated carbocycles. The molecule has 0 bridgehead atoms. The predicted molar refractivity (Wildman–Crippen MR) is 93.0 cm³/mol. The topological polar surface area (TPSA) is 61.0 Å². The number of hydrogen-bond donors (Lipinski definition) is 1. The highest BCUT2D eigenvalue weighted by Crippen LogP contribution is 2.35. The number of ether oxygens (including phenoxy) is 1. The number of hydrogen-bond acceptors (Lipinski definition) is 5. The summed E-state index contributed by atoms with van der Waals surface area (Å²) < 4.78 is 5.77. The minimum Gasteiger partial charge on any atom is -0.437 e. The van der Waals surface area contributed by atoms with Crippen LogP contribution in [0.5, 0.6) is 11.6 Å². The van der Waals surface area contributed by atoms with Gasteiger partial charge in [-0.15, -0.1) is 0 Å². The van der Waals surface area contributed by atoms with Crippen LogP contribution >= 0.6 is 11.8 Å². The first-order valence-electron chi connectivity index (χ1n) is 7.21. The third kappa shape index (κ3) is 3.81. The van der Waals surface area contributed by atoms with E-state index in [0.717, 1.165) is 4.90 Å². The van der Waals surface area contributed by atoms with Crippen LogP contribution in [0.4, 0.5) is 5.69 Å². The van der Waals surface area contributed by atoms with Gasteiger partial charge in [-0.05, 0) is 38.1 Å². The standard InChI is InChI=1S/C18H17N3OS/c1-12-3-7-14(8-4-12)22-17-16(19)18(21-11-20-17)23-15-9-5-13(2)6-10-15/h3-11H,19H2,1-2H3. The number of nitrogens with zero attached hydrogens (tertiary/aromatic N) is 2. The van der Waals surface area contributed by atoms with Crippen molar-refractivity contribution in [2.24, 2.45) is 0 Å². The van der Waals surface area contributed by atoms with Gasteiger partial charge in [-0.3, -0.25) is 0 Å². The molecule has 0 aliphatic rings. The van der Waals surface area contributed by atoms with Crippen LogP contribution < -0.4 is 10.5 Å². The van der Waals surface area contributed by atoms with Gasteiger partial charge in [0, 0.05) is 4.90 Å². The lowest BCUT2D eigenvalue weighted by Crippen LogP contribution is -1.99. The van der Waals surface area contributed by atoms with Crippen LogP contribution in [-0.2, 0) is 0 Å². The molecule has 2 aromatic carbocycles. The second-order valence-electron chi connectivity index (χ2n) is 5.23. The molecular weight excluding hydrogens is 306 g/mol. The van der Waals surface area contributed by atoms with Gasteiger partial charge in [0.05, 0.1) is 0 Å². The van der Waals surface area contributed by atoms with Gasteiger partial charge in [-0.2, -0.15) is 4.98 Å². The summed E-state index contributed by atoms with van der Waals surface area (Å²) in [4.78, 5) is 9.47. The van der Waals surface area contributed by atoms with Crippen molar-refractivity contribution < 1.29 is 4.74 Å². The van der Waals surface area contributed by atoms with Crippen molar-refractivity contribution in [2.45, 2.75) is 23.8 Å². The first-order chi connectivity index (χ1) is 11.1. The van der Waals surface area contributed by atoms with Gasteiger partial charge in [-0.25, -0.2) is 4.98 Å². The summed E-state index contributed by atoms with van der Waals surface area (Å²) in [6.45, 7) is 4.08. The van der Waals surface area contributed by atoms with Crippen molar-refractivity contribution in [3.63, 3.8) is 0 Å². The summed E-state index contributed by atoms with van der Waals surface area (Å²) in [7, 11) is 0. The van der Waals surface area contributed by atoms with Gasteiger partial charge in [0.1, 0.15) is 22.8 Å². The van der Waals surface area contributed by atoms with Crippen molar-refractivity contribution >= 4 is 17.4 Å². The molecule has 3 rings (SSSR count). The number of aryl methyl sites for hydroxylation is 2. The van der Waals surface area contributed by atoms with E-state index in [0.29, 0.717) is 22.3 Å². The Bertz CT molecular complexity index is 736. The molecule has 0 amide bonds. The maximum atomic E-state index is 6.17. The fraction of sp³-hybridized carbons (Fsp3) is 0.111. The molecule has 116 valence electrons. The quantitative estimate of drug-likeness (QED) is 0.710. The zero-order valence-corrected chi connectivity index (χ0v) is 13.8. The zero-order chi connectivity index (χ0) is 16.2. The van der Waals surface area contributed by atoms with Crippen molar-refractivity contribution in [3.8, 4) is 11.6 Å². The monoisotopic (exact) mass is 323 g/mol. The molecule has 0 fully saturated rings. The molecule has 5 heteroatoms. The van der Waals surface area contributed by atoms with Gasteiger partial charge < -0.3 is 10.5 Å². The SMILES string of the molecule is Cc1ccc(Oc2ncnc(Sc3ccc(C)cc3)c2N)cc1. The Morgan fingerprint density at radius 1 is 0.870 bits per heavy atom. The van der Waals surface area contributed by atoms with E-state index < -0.39 is 0 Å². The third-order valence-corrected chi connectivity index (χ3v) is 4.31. The average Bonchev–Trinajstić information content (AvgIpc) is 2.55. The Hall–Kier alpha value is -2.53. The third-order valence-electron chi connectivity index (χ3n) is 3.28. The van der Waals surface area contributed by atoms with E-state index in [9.17, 15) is 0 Å². The first-order valence-corrected chi connectivity index (χ1v) is 8.03. The molecule has 0 radical (unpaired) electrons. The van der Waals surface area contributed by atoms with E-state index in [-0.39, 0.29) is 0 Å². The van der Waals surface area contributed by atoms with Crippen LogP contribution in [0.2, 0.25) is 0 Å². The highest BCUT2D eigenvalue weighted by Gasteiger charge is 2.11. The summed E-state index contributed by atoms with van der Waals surface area (Å²) in [5, 5.41) is 0.686. The van der Waals surface area contributed by atoms with E-state index in [1.807, 2.05) is 43.3 Å². The minimum absolute atomic E-state index is 0.374. The summed E-state index contributed by atoms with van der Waals surface area (Å²) >= 11 is 1.49. The molecule has 1 aromatic heterocycles. The first kappa shape index (κ1) is 15.4.